The van der Waals surface area contributed by atoms with E-state index in [9.17, 15) is 9.59 Å². The average Bonchev–Trinajstić information content (AvgIpc) is 3.19. The summed E-state index contributed by atoms with van der Waals surface area (Å²) in [4.78, 5) is 35.2. The van der Waals surface area contributed by atoms with Gasteiger partial charge in [0.15, 0.2) is 0 Å². The average molecular weight is 393 g/mol. The van der Waals surface area contributed by atoms with Crippen molar-refractivity contribution in [2.75, 3.05) is 0 Å². The fourth-order valence-electron chi connectivity index (χ4n) is 2.11. The lowest BCUT2D eigenvalue weighted by Crippen LogP contribution is -2.35. The van der Waals surface area contributed by atoms with Gasteiger partial charge in [-0.05, 0) is 46.8 Å². The van der Waals surface area contributed by atoms with E-state index < -0.39 is 11.9 Å². The minimum Gasteiger partial charge on any atom is -0.305 e. The van der Waals surface area contributed by atoms with Gasteiger partial charge in [0.05, 0.1) is 0 Å². The Labute approximate surface area is 153 Å². The molecular weight excluding hydrogens is 387 g/mol. The van der Waals surface area contributed by atoms with Gasteiger partial charge < -0.3 is 9.68 Å². The number of carbonyl (C=O) groups excluding carboxylic acids is 2. The first-order valence-electron chi connectivity index (χ1n) is 6.98. The summed E-state index contributed by atoms with van der Waals surface area (Å²) in [6.45, 7) is 0. The molecule has 2 heterocycles. The zero-order valence-corrected chi connectivity index (χ0v) is 14.0. The molecule has 4 rings (SSSR count). The molecule has 2 aromatic heterocycles. The predicted octanol–water partition coefficient (Wildman–Crippen LogP) is 1.09. The Kier molecular flexibility index (Phi) is 3.90. The van der Waals surface area contributed by atoms with E-state index >= 15 is 0 Å². The van der Waals surface area contributed by atoms with Gasteiger partial charge in [-0.15, -0.1) is 10.2 Å². The van der Waals surface area contributed by atoms with Crippen LogP contribution in [0.15, 0.2) is 36.4 Å². The Morgan fingerprint density at radius 1 is 0.769 bits per heavy atom. The lowest BCUT2D eigenvalue weighted by Gasteiger charge is -2.04. The molecule has 0 spiro atoms. The van der Waals surface area contributed by atoms with Gasteiger partial charge in [0, 0.05) is 10.0 Å². The highest BCUT2D eigenvalue weighted by Gasteiger charge is 2.23. The molecular formula is C14H6Cl2N6O4. The van der Waals surface area contributed by atoms with Crippen molar-refractivity contribution in [1.29, 1.82) is 0 Å². The number of rotatable bonds is 2. The first-order valence-corrected chi connectivity index (χ1v) is 7.74. The topological polar surface area (TPSA) is 114 Å². The van der Waals surface area contributed by atoms with Crippen LogP contribution in [0.3, 0.4) is 0 Å². The van der Waals surface area contributed by atoms with Crippen molar-refractivity contribution >= 4 is 57.2 Å². The second-order valence-corrected chi connectivity index (χ2v) is 5.82. The third-order valence-corrected chi connectivity index (χ3v) is 3.73. The first-order chi connectivity index (χ1) is 12.5. The summed E-state index contributed by atoms with van der Waals surface area (Å²) in [6.07, 6.45) is 0. The molecule has 130 valence electrons. The molecule has 0 saturated heterocycles. The largest absolute Gasteiger partial charge is 0.445 e. The number of benzene rings is 2. The van der Waals surface area contributed by atoms with Gasteiger partial charge >= 0.3 is 11.9 Å². The quantitative estimate of drug-likeness (QED) is 0.367. The first kappa shape index (κ1) is 16.2. The normalized spacial score (nSPS) is 11.0. The number of aromatic nitrogens is 6. The van der Waals surface area contributed by atoms with Crippen molar-refractivity contribution in [2.45, 2.75) is 0 Å². The molecule has 0 unspecified atom stereocenters. The van der Waals surface area contributed by atoms with Gasteiger partial charge in [-0.2, -0.15) is 0 Å². The summed E-state index contributed by atoms with van der Waals surface area (Å²) in [5, 5.41) is 15.6. The molecule has 12 heteroatoms. The Morgan fingerprint density at radius 2 is 1.19 bits per heavy atom. The summed E-state index contributed by atoms with van der Waals surface area (Å²) in [5.74, 6) is -2.69. The van der Waals surface area contributed by atoms with Crippen molar-refractivity contribution in [2.24, 2.45) is 0 Å². The number of hydrogen-bond donors (Lipinski definition) is 0. The van der Waals surface area contributed by atoms with E-state index in [0.717, 1.165) is 9.69 Å². The molecule has 0 N–H and O–H groups in total. The molecule has 0 saturated carbocycles. The number of carbonyl (C=O) groups is 2. The van der Waals surface area contributed by atoms with Crippen LogP contribution in [0, 0.1) is 0 Å². The van der Waals surface area contributed by atoms with Crippen LogP contribution in [0.5, 0.6) is 0 Å². The number of fused-ring (bicyclic) bond motifs is 2. The highest BCUT2D eigenvalue weighted by Crippen LogP contribution is 2.17. The van der Waals surface area contributed by atoms with Crippen LogP contribution >= 0.6 is 23.2 Å². The molecule has 2 aromatic carbocycles. The van der Waals surface area contributed by atoms with E-state index in [1.807, 2.05) is 0 Å². The Morgan fingerprint density at radius 3 is 1.62 bits per heavy atom. The van der Waals surface area contributed by atoms with Crippen LogP contribution in [0.1, 0.15) is 0 Å². The van der Waals surface area contributed by atoms with Crippen molar-refractivity contribution < 1.29 is 19.3 Å². The molecule has 0 atom stereocenters. The van der Waals surface area contributed by atoms with Gasteiger partial charge in [-0.3, -0.25) is 0 Å². The third-order valence-electron chi connectivity index (χ3n) is 3.26. The van der Waals surface area contributed by atoms with Crippen molar-refractivity contribution in [3.63, 3.8) is 0 Å². The molecule has 4 aromatic rings. The minimum atomic E-state index is -1.34. The zero-order chi connectivity index (χ0) is 18.3. The van der Waals surface area contributed by atoms with Gasteiger partial charge in [-0.1, -0.05) is 32.9 Å². The SMILES string of the molecule is O=C(On1nnc2ccc(Cl)cc21)C(=O)On1nnc2ccc(Cl)cc21. The van der Waals surface area contributed by atoms with E-state index in [2.05, 4.69) is 20.6 Å². The summed E-state index contributed by atoms with van der Waals surface area (Å²) in [6, 6.07) is 9.31. The number of hydrogen-bond acceptors (Lipinski definition) is 8. The molecule has 0 radical (unpaired) electrons. The summed E-state index contributed by atoms with van der Waals surface area (Å²) in [5.41, 5.74) is 1.45. The van der Waals surface area contributed by atoms with E-state index in [4.69, 9.17) is 32.9 Å². The van der Waals surface area contributed by atoms with Crippen LogP contribution in [0.4, 0.5) is 0 Å². The van der Waals surface area contributed by atoms with Crippen molar-refractivity contribution in [1.82, 2.24) is 30.3 Å². The fourth-order valence-corrected chi connectivity index (χ4v) is 2.44. The summed E-state index contributed by atoms with van der Waals surface area (Å²) in [7, 11) is 0. The maximum atomic E-state index is 12.0. The molecule has 10 nitrogen and oxygen atoms in total. The lowest BCUT2D eigenvalue weighted by molar-refractivity contribution is -0.169. The lowest BCUT2D eigenvalue weighted by atomic mass is 10.3. The molecule has 26 heavy (non-hydrogen) atoms. The van der Waals surface area contributed by atoms with Gasteiger partial charge in [0.2, 0.25) is 0 Å². The molecule has 0 aliphatic heterocycles. The Hall–Kier alpha value is -3.24. The van der Waals surface area contributed by atoms with Gasteiger partial charge in [-0.25, -0.2) is 9.59 Å². The van der Waals surface area contributed by atoms with E-state index in [-0.39, 0.29) is 0 Å². The summed E-state index contributed by atoms with van der Waals surface area (Å²) >= 11 is 11.8. The van der Waals surface area contributed by atoms with Crippen LogP contribution in [0.25, 0.3) is 22.1 Å². The maximum absolute atomic E-state index is 12.0. The van der Waals surface area contributed by atoms with Crippen LogP contribution < -0.4 is 9.68 Å². The van der Waals surface area contributed by atoms with E-state index in [1.165, 1.54) is 12.1 Å². The van der Waals surface area contributed by atoms with Crippen LogP contribution in [-0.4, -0.2) is 42.3 Å². The Bertz CT molecular complexity index is 1080. The van der Waals surface area contributed by atoms with Crippen molar-refractivity contribution in [3.8, 4) is 0 Å². The van der Waals surface area contributed by atoms with Gasteiger partial charge in [0.25, 0.3) is 0 Å². The highest BCUT2D eigenvalue weighted by atomic mass is 35.5. The fraction of sp³-hybridized carbons (Fsp3) is 0. The molecule has 0 bridgehead atoms. The van der Waals surface area contributed by atoms with Crippen LogP contribution in [0.2, 0.25) is 10.0 Å². The maximum Gasteiger partial charge on any atom is 0.445 e. The molecule has 0 fully saturated rings. The monoisotopic (exact) mass is 392 g/mol. The number of halogens is 2. The zero-order valence-electron chi connectivity index (χ0n) is 12.5. The highest BCUT2D eigenvalue weighted by molar-refractivity contribution is 6.31. The summed E-state index contributed by atoms with van der Waals surface area (Å²) < 4.78 is 0. The third kappa shape index (κ3) is 2.91. The molecule has 0 aliphatic carbocycles. The van der Waals surface area contributed by atoms with Crippen molar-refractivity contribution in [3.05, 3.63) is 46.4 Å². The second kappa shape index (κ2) is 6.24. The standard InChI is InChI=1S/C14H6Cl2N6O4/c15-7-1-3-9-11(5-7)21(19-17-9)25-13(23)14(24)26-22-12-6-8(16)2-4-10(12)18-20-22/h1-6H. The molecule has 0 aliphatic rings. The van der Waals surface area contributed by atoms with Crippen LogP contribution in [-0.2, 0) is 9.59 Å². The second-order valence-electron chi connectivity index (χ2n) is 4.95. The predicted molar refractivity (Wildman–Crippen MR) is 88.3 cm³/mol. The minimum absolute atomic E-state index is 0.302. The van der Waals surface area contributed by atoms with E-state index in [1.54, 1.807) is 24.3 Å². The van der Waals surface area contributed by atoms with E-state index in [0.29, 0.717) is 32.1 Å². The smallest absolute Gasteiger partial charge is 0.305 e. The number of nitrogens with zero attached hydrogens (tertiary/aromatic N) is 6. The molecule has 0 amide bonds. The Balaban J connectivity index is 1.55. The van der Waals surface area contributed by atoms with Gasteiger partial charge in [0.1, 0.15) is 22.1 Å².